The first-order valence-electron chi connectivity index (χ1n) is 7.49. The highest BCUT2D eigenvalue weighted by Crippen LogP contribution is 2.17. The van der Waals surface area contributed by atoms with Gasteiger partial charge < -0.3 is 5.32 Å². The summed E-state index contributed by atoms with van der Waals surface area (Å²) in [6.45, 7) is 6.34. The summed E-state index contributed by atoms with van der Waals surface area (Å²) in [5.41, 5.74) is 2.36. The smallest absolute Gasteiger partial charge is 0.0537 e. The van der Waals surface area contributed by atoms with Crippen LogP contribution < -0.4 is 5.32 Å². The van der Waals surface area contributed by atoms with Crippen LogP contribution in [0.3, 0.4) is 0 Å². The highest BCUT2D eigenvalue weighted by atomic mass is 15.3. The first-order chi connectivity index (χ1) is 9.83. The van der Waals surface area contributed by atoms with Crippen molar-refractivity contribution in [2.75, 3.05) is 6.54 Å². The average molecular weight is 272 g/mol. The van der Waals surface area contributed by atoms with Crippen molar-refractivity contribution in [2.24, 2.45) is 0 Å². The Morgan fingerprint density at radius 3 is 2.85 bits per heavy atom. The number of nitrogens with zero attached hydrogens (tertiary/aromatic N) is 3. The predicted molar refractivity (Wildman–Crippen MR) is 81.5 cm³/mol. The Morgan fingerprint density at radius 2 is 2.15 bits per heavy atom. The van der Waals surface area contributed by atoms with Crippen LogP contribution in [0, 0.1) is 0 Å². The van der Waals surface area contributed by atoms with Gasteiger partial charge in [0.25, 0.3) is 0 Å². The highest BCUT2D eigenvalue weighted by molar-refractivity contribution is 5.15. The SMILES string of the molecule is CCCNC(Cc1ccccn1)c1cnn(CCC)c1. The van der Waals surface area contributed by atoms with Crippen LogP contribution in [-0.4, -0.2) is 21.3 Å². The van der Waals surface area contributed by atoms with Crippen molar-refractivity contribution in [3.63, 3.8) is 0 Å². The Kier molecular flexibility index (Phi) is 5.74. The zero-order chi connectivity index (χ0) is 14.2. The van der Waals surface area contributed by atoms with Crippen molar-refractivity contribution in [1.29, 1.82) is 0 Å². The van der Waals surface area contributed by atoms with Gasteiger partial charge in [-0.15, -0.1) is 0 Å². The summed E-state index contributed by atoms with van der Waals surface area (Å²) in [5, 5.41) is 8.03. The van der Waals surface area contributed by atoms with Crippen molar-refractivity contribution in [1.82, 2.24) is 20.1 Å². The molecule has 0 aliphatic heterocycles. The second kappa shape index (κ2) is 7.80. The third-order valence-corrected chi connectivity index (χ3v) is 3.29. The van der Waals surface area contributed by atoms with Crippen LogP contribution in [0.2, 0.25) is 0 Å². The van der Waals surface area contributed by atoms with Crippen molar-refractivity contribution in [3.05, 3.63) is 48.0 Å². The van der Waals surface area contributed by atoms with Gasteiger partial charge in [-0.3, -0.25) is 9.67 Å². The fraction of sp³-hybridized carbons (Fsp3) is 0.500. The van der Waals surface area contributed by atoms with E-state index >= 15 is 0 Å². The molecule has 2 aromatic rings. The van der Waals surface area contributed by atoms with Crippen LogP contribution in [0.5, 0.6) is 0 Å². The highest BCUT2D eigenvalue weighted by Gasteiger charge is 2.14. The summed E-state index contributed by atoms with van der Waals surface area (Å²) in [6.07, 6.45) is 9.12. The number of aryl methyl sites for hydroxylation is 1. The fourth-order valence-corrected chi connectivity index (χ4v) is 2.27. The van der Waals surface area contributed by atoms with Gasteiger partial charge in [-0.25, -0.2) is 0 Å². The van der Waals surface area contributed by atoms with Gasteiger partial charge in [0, 0.05) is 42.7 Å². The molecular weight excluding hydrogens is 248 g/mol. The molecule has 20 heavy (non-hydrogen) atoms. The van der Waals surface area contributed by atoms with E-state index in [-0.39, 0.29) is 6.04 Å². The fourth-order valence-electron chi connectivity index (χ4n) is 2.27. The first kappa shape index (κ1) is 14.7. The standard InChI is InChI=1S/C16H24N4/c1-3-8-18-16(11-15-7-5-6-9-17-15)14-12-19-20(13-14)10-4-2/h5-7,9,12-13,16,18H,3-4,8,10-11H2,1-2H3. The molecule has 0 saturated carbocycles. The molecule has 2 heterocycles. The van der Waals surface area contributed by atoms with Crippen LogP contribution in [0.25, 0.3) is 0 Å². The van der Waals surface area contributed by atoms with Gasteiger partial charge in [0.1, 0.15) is 0 Å². The first-order valence-corrected chi connectivity index (χ1v) is 7.49. The molecule has 0 aromatic carbocycles. The zero-order valence-electron chi connectivity index (χ0n) is 12.4. The lowest BCUT2D eigenvalue weighted by atomic mass is 10.0. The Labute approximate surface area is 121 Å². The molecule has 4 heteroatoms. The van der Waals surface area contributed by atoms with Gasteiger partial charge in [0.05, 0.1) is 6.20 Å². The van der Waals surface area contributed by atoms with Gasteiger partial charge in [-0.1, -0.05) is 19.9 Å². The van der Waals surface area contributed by atoms with Crippen molar-refractivity contribution >= 4 is 0 Å². The van der Waals surface area contributed by atoms with E-state index in [2.05, 4.69) is 41.5 Å². The lowest BCUT2D eigenvalue weighted by molar-refractivity contribution is 0.522. The quantitative estimate of drug-likeness (QED) is 0.803. The van der Waals surface area contributed by atoms with Crippen LogP contribution >= 0.6 is 0 Å². The van der Waals surface area contributed by atoms with Crippen LogP contribution in [0.4, 0.5) is 0 Å². The molecule has 0 amide bonds. The second-order valence-corrected chi connectivity index (χ2v) is 5.07. The Morgan fingerprint density at radius 1 is 1.25 bits per heavy atom. The molecule has 2 aromatic heterocycles. The van der Waals surface area contributed by atoms with Gasteiger partial charge in [0.15, 0.2) is 0 Å². The van der Waals surface area contributed by atoms with Gasteiger partial charge in [0.2, 0.25) is 0 Å². The summed E-state index contributed by atoms with van der Waals surface area (Å²) < 4.78 is 2.02. The number of pyridine rings is 1. The molecule has 0 radical (unpaired) electrons. The minimum absolute atomic E-state index is 0.287. The van der Waals surface area contributed by atoms with Gasteiger partial charge >= 0.3 is 0 Å². The summed E-state index contributed by atoms with van der Waals surface area (Å²) in [5.74, 6) is 0. The maximum Gasteiger partial charge on any atom is 0.0537 e. The zero-order valence-corrected chi connectivity index (χ0v) is 12.4. The Bertz CT molecular complexity index is 492. The second-order valence-electron chi connectivity index (χ2n) is 5.07. The van der Waals surface area contributed by atoms with Crippen molar-refractivity contribution in [3.8, 4) is 0 Å². The van der Waals surface area contributed by atoms with E-state index in [0.717, 1.165) is 38.0 Å². The Balaban J connectivity index is 2.09. The van der Waals surface area contributed by atoms with E-state index in [4.69, 9.17) is 0 Å². The van der Waals surface area contributed by atoms with E-state index in [1.807, 2.05) is 29.2 Å². The summed E-state index contributed by atoms with van der Waals surface area (Å²) in [6, 6.07) is 6.36. The molecule has 0 fully saturated rings. The molecule has 4 nitrogen and oxygen atoms in total. The molecule has 108 valence electrons. The van der Waals surface area contributed by atoms with E-state index in [9.17, 15) is 0 Å². The molecule has 2 rings (SSSR count). The molecule has 1 N–H and O–H groups in total. The third kappa shape index (κ3) is 4.17. The maximum absolute atomic E-state index is 4.43. The average Bonchev–Trinajstić information content (AvgIpc) is 2.93. The number of rotatable bonds is 8. The maximum atomic E-state index is 4.43. The summed E-state index contributed by atoms with van der Waals surface area (Å²) in [7, 11) is 0. The largest absolute Gasteiger partial charge is 0.310 e. The number of hydrogen-bond acceptors (Lipinski definition) is 3. The molecule has 1 unspecified atom stereocenters. The lowest BCUT2D eigenvalue weighted by Gasteiger charge is -2.16. The summed E-state index contributed by atoms with van der Waals surface area (Å²) >= 11 is 0. The van der Waals surface area contributed by atoms with Gasteiger partial charge in [-0.05, 0) is 31.5 Å². The van der Waals surface area contributed by atoms with E-state index in [1.165, 1.54) is 5.56 Å². The predicted octanol–water partition coefficient (Wildman–Crippen LogP) is 2.97. The van der Waals surface area contributed by atoms with Crippen LogP contribution in [0.15, 0.2) is 36.8 Å². The minimum Gasteiger partial charge on any atom is -0.310 e. The van der Waals surface area contributed by atoms with E-state index in [0.29, 0.717) is 0 Å². The number of nitrogens with one attached hydrogen (secondary N) is 1. The normalized spacial score (nSPS) is 12.5. The third-order valence-electron chi connectivity index (χ3n) is 3.29. The molecule has 0 aliphatic carbocycles. The molecule has 0 spiro atoms. The topological polar surface area (TPSA) is 42.7 Å². The Hall–Kier alpha value is -1.68. The van der Waals surface area contributed by atoms with Gasteiger partial charge in [-0.2, -0.15) is 5.10 Å². The van der Waals surface area contributed by atoms with Crippen molar-refractivity contribution < 1.29 is 0 Å². The molecule has 0 saturated heterocycles. The number of aromatic nitrogens is 3. The van der Waals surface area contributed by atoms with E-state index in [1.54, 1.807) is 0 Å². The molecular formula is C16H24N4. The molecule has 0 aliphatic rings. The minimum atomic E-state index is 0.287. The van der Waals surface area contributed by atoms with Crippen LogP contribution in [0.1, 0.15) is 44.0 Å². The van der Waals surface area contributed by atoms with Crippen LogP contribution in [-0.2, 0) is 13.0 Å². The molecule has 1 atom stereocenters. The monoisotopic (exact) mass is 272 g/mol. The lowest BCUT2D eigenvalue weighted by Crippen LogP contribution is -2.24. The molecule has 0 bridgehead atoms. The van der Waals surface area contributed by atoms with E-state index < -0.39 is 0 Å². The number of hydrogen-bond donors (Lipinski definition) is 1. The van der Waals surface area contributed by atoms with Crippen molar-refractivity contribution in [2.45, 2.75) is 45.7 Å². The summed E-state index contributed by atoms with van der Waals surface area (Å²) in [4.78, 5) is 4.43.